The highest BCUT2D eigenvalue weighted by Gasteiger charge is 2.45. The molecule has 2 rings (SSSR count). The van der Waals surface area contributed by atoms with Gasteiger partial charge in [0.15, 0.2) is 0 Å². The molecule has 2 atom stereocenters. The van der Waals surface area contributed by atoms with E-state index in [2.05, 4.69) is 13.8 Å². The van der Waals surface area contributed by atoms with E-state index in [1.54, 1.807) is 4.31 Å². The molecule has 0 spiro atoms. The third-order valence-corrected chi connectivity index (χ3v) is 5.39. The third-order valence-electron chi connectivity index (χ3n) is 4.03. The summed E-state index contributed by atoms with van der Waals surface area (Å²) in [6.45, 7) is 4.50. The second-order valence-corrected chi connectivity index (χ2v) is 7.34. The van der Waals surface area contributed by atoms with E-state index < -0.39 is 10.0 Å². The van der Waals surface area contributed by atoms with Crippen LogP contribution in [0.5, 0.6) is 0 Å². The molecular weight excluding hydrogens is 210 g/mol. The van der Waals surface area contributed by atoms with E-state index in [0.29, 0.717) is 18.0 Å². The minimum atomic E-state index is -2.98. The maximum absolute atomic E-state index is 11.6. The summed E-state index contributed by atoms with van der Waals surface area (Å²) in [6.07, 6.45) is 5.64. The summed E-state index contributed by atoms with van der Waals surface area (Å²) in [4.78, 5) is 0. The van der Waals surface area contributed by atoms with Gasteiger partial charge in [-0.25, -0.2) is 8.42 Å². The van der Waals surface area contributed by atoms with Crippen LogP contribution in [0.1, 0.15) is 39.5 Å². The zero-order valence-corrected chi connectivity index (χ0v) is 10.6. The molecule has 3 nitrogen and oxygen atoms in total. The van der Waals surface area contributed by atoms with E-state index in [4.69, 9.17) is 0 Å². The van der Waals surface area contributed by atoms with Crippen molar-refractivity contribution in [1.29, 1.82) is 0 Å². The fourth-order valence-corrected chi connectivity index (χ4v) is 4.73. The lowest BCUT2D eigenvalue weighted by molar-refractivity contribution is 0.159. The van der Waals surface area contributed by atoms with Crippen LogP contribution in [-0.4, -0.2) is 31.1 Å². The molecule has 2 saturated heterocycles. The molecule has 2 heterocycles. The van der Waals surface area contributed by atoms with Gasteiger partial charge in [0, 0.05) is 12.1 Å². The minimum Gasteiger partial charge on any atom is -0.212 e. The van der Waals surface area contributed by atoms with Crippen molar-refractivity contribution in [3.8, 4) is 0 Å². The SMILES string of the molecule is CC(C)C1CC2CCC(C1)N2S(C)(=O)=O. The average Bonchev–Trinajstić information content (AvgIpc) is 2.37. The Morgan fingerprint density at radius 3 is 1.93 bits per heavy atom. The average molecular weight is 231 g/mol. The summed E-state index contributed by atoms with van der Waals surface area (Å²) in [6, 6.07) is 0.595. The Bertz CT molecular complexity index is 322. The van der Waals surface area contributed by atoms with E-state index in [-0.39, 0.29) is 0 Å². The molecule has 4 heteroatoms. The number of sulfonamides is 1. The fourth-order valence-electron chi connectivity index (χ4n) is 3.26. The molecule has 0 aromatic carbocycles. The summed E-state index contributed by atoms with van der Waals surface area (Å²) in [5.74, 6) is 1.41. The van der Waals surface area contributed by atoms with Crippen LogP contribution >= 0.6 is 0 Å². The van der Waals surface area contributed by atoms with Gasteiger partial charge < -0.3 is 0 Å². The predicted molar refractivity (Wildman–Crippen MR) is 61.1 cm³/mol. The Kier molecular flexibility index (Phi) is 2.84. The second kappa shape index (κ2) is 3.74. The molecule has 2 aliphatic heterocycles. The van der Waals surface area contributed by atoms with Gasteiger partial charge in [-0.3, -0.25) is 0 Å². The van der Waals surface area contributed by atoms with Crippen molar-refractivity contribution in [3.63, 3.8) is 0 Å². The Hall–Kier alpha value is -0.0900. The van der Waals surface area contributed by atoms with Crippen LogP contribution < -0.4 is 0 Å². The van der Waals surface area contributed by atoms with E-state index in [9.17, 15) is 8.42 Å². The number of hydrogen-bond donors (Lipinski definition) is 0. The van der Waals surface area contributed by atoms with Gasteiger partial charge in [0.2, 0.25) is 10.0 Å². The maximum atomic E-state index is 11.6. The van der Waals surface area contributed by atoms with Crippen molar-refractivity contribution >= 4 is 10.0 Å². The van der Waals surface area contributed by atoms with Gasteiger partial charge in [-0.15, -0.1) is 0 Å². The quantitative estimate of drug-likeness (QED) is 0.727. The summed E-state index contributed by atoms with van der Waals surface area (Å²) < 4.78 is 25.1. The lowest BCUT2D eigenvalue weighted by Gasteiger charge is -2.38. The van der Waals surface area contributed by atoms with Crippen LogP contribution in [0.3, 0.4) is 0 Å². The Morgan fingerprint density at radius 2 is 1.60 bits per heavy atom. The monoisotopic (exact) mass is 231 g/mol. The van der Waals surface area contributed by atoms with Crippen molar-refractivity contribution in [3.05, 3.63) is 0 Å². The van der Waals surface area contributed by atoms with Crippen molar-refractivity contribution in [2.75, 3.05) is 6.26 Å². The van der Waals surface area contributed by atoms with Crippen molar-refractivity contribution < 1.29 is 8.42 Å². The highest BCUT2D eigenvalue weighted by atomic mass is 32.2. The first-order valence-corrected chi connectivity index (χ1v) is 7.73. The number of rotatable bonds is 2. The molecule has 2 aliphatic rings. The first-order valence-electron chi connectivity index (χ1n) is 5.88. The van der Waals surface area contributed by atoms with E-state index in [0.717, 1.165) is 31.6 Å². The number of piperidine rings is 1. The Balaban J connectivity index is 2.17. The minimum absolute atomic E-state index is 0.297. The van der Waals surface area contributed by atoms with Gasteiger partial charge in [0.25, 0.3) is 0 Å². The molecule has 88 valence electrons. The lowest BCUT2D eigenvalue weighted by Crippen LogP contribution is -2.46. The number of fused-ring (bicyclic) bond motifs is 2. The predicted octanol–water partition coefficient (Wildman–Crippen LogP) is 1.85. The van der Waals surface area contributed by atoms with Crippen LogP contribution in [0.15, 0.2) is 0 Å². The second-order valence-electron chi connectivity index (χ2n) is 5.45. The van der Waals surface area contributed by atoms with E-state index in [1.807, 2.05) is 0 Å². The maximum Gasteiger partial charge on any atom is 0.211 e. The zero-order valence-electron chi connectivity index (χ0n) is 9.81. The van der Waals surface area contributed by atoms with Gasteiger partial charge >= 0.3 is 0 Å². The molecule has 2 fully saturated rings. The lowest BCUT2D eigenvalue weighted by atomic mass is 9.84. The highest BCUT2D eigenvalue weighted by molar-refractivity contribution is 7.88. The van der Waals surface area contributed by atoms with Crippen molar-refractivity contribution in [2.45, 2.75) is 51.6 Å². The normalized spacial score (nSPS) is 37.5. The number of hydrogen-bond acceptors (Lipinski definition) is 2. The fraction of sp³-hybridized carbons (Fsp3) is 1.00. The van der Waals surface area contributed by atoms with Gasteiger partial charge in [0.1, 0.15) is 0 Å². The molecule has 0 radical (unpaired) electrons. The van der Waals surface area contributed by atoms with Crippen LogP contribution in [0.25, 0.3) is 0 Å². The summed E-state index contributed by atoms with van der Waals surface area (Å²) >= 11 is 0. The number of nitrogens with zero attached hydrogens (tertiary/aromatic N) is 1. The van der Waals surface area contributed by atoms with Crippen molar-refractivity contribution in [1.82, 2.24) is 4.31 Å². The molecule has 15 heavy (non-hydrogen) atoms. The molecule has 0 aromatic heterocycles. The van der Waals surface area contributed by atoms with Crippen LogP contribution in [-0.2, 0) is 10.0 Å². The van der Waals surface area contributed by atoms with Gasteiger partial charge in [-0.1, -0.05) is 13.8 Å². The van der Waals surface area contributed by atoms with Gasteiger partial charge in [0.05, 0.1) is 6.26 Å². The molecule has 0 amide bonds. The first kappa shape index (κ1) is 11.4. The standard InChI is InChI=1S/C11H21NO2S/c1-8(2)9-6-10-4-5-11(7-9)12(10)15(3,13)14/h8-11H,4-7H2,1-3H3. The van der Waals surface area contributed by atoms with Crippen molar-refractivity contribution in [2.24, 2.45) is 11.8 Å². The third kappa shape index (κ3) is 2.07. The van der Waals surface area contributed by atoms with E-state index in [1.165, 1.54) is 6.26 Å². The van der Waals surface area contributed by atoms with Crippen LogP contribution in [0.4, 0.5) is 0 Å². The van der Waals surface area contributed by atoms with Crippen LogP contribution in [0.2, 0.25) is 0 Å². The summed E-state index contributed by atoms with van der Waals surface area (Å²) in [5, 5.41) is 0. The highest BCUT2D eigenvalue weighted by Crippen LogP contribution is 2.42. The van der Waals surface area contributed by atoms with Crippen LogP contribution in [0, 0.1) is 11.8 Å². The summed E-state index contributed by atoms with van der Waals surface area (Å²) in [5.41, 5.74) is 0. The van der Waals surface area contributed by atoms with Gasteiger partial charge in [-0.05, 0) is 37.5 Å². The molecule has 2 unspecified atom stereocenters. The first-order chi connectivity index (χ1) is 6.89. The molecule has 0 aliphatic carbocycles. The topological polar surface area (TPSA) is 37.4 Å². The van der Waals surface area contributed by atoms with Gasteiger partial charge in [-0.2, -0.15) is 4.31 Å². The summed E-state index contributed by atoms with van der Waals surface area (Å²) in [7, 11) is -2.98. The zero-order chi connectivity index (χ0) is 11.2. The molecule has 0 N–H and O–H groups in total. The van der Waals surface area contributed by atoms with E-state index >= 15 is 0 Å². The smallest absolute Gasteiger partial charge is 0.211 e. The molecular formula is C11H21NO2S. The molecule has 0 saturated carbocycles. The molecule has 0 aromatic rings. The molecule has 2 bridgehead atoms. The Morgan fingerprint density at radius 1 is 1.13 bits per heavy atom. The largest absolute Gasteiger partial charge is 0.212 e. The Labute approximate surface area is 92.9 Å².